The van der Waals surface area contributed by atoms with E-state index in [0.717, 1.165) is 28.3 Å². The number of thioether (sulfide) groups is 1. The molecule has 3 rings (SSSR count). The zero-order chi connectivity index (χ0) is 18.8. The Hall–Kier alpha value is -2.68. The number of carbonyl (C=O) groups is 1. The van der Waals surface area contributed by atoms with Crippen LogP contribution in [0.15, 0.2) is 23.4 Å². The number of aromatic nitrogens is 6. The van der Waals surface area contributed by atoms with Crippen molar-refractivity contribution >= 4 is 23.4 Å². The molecule has 0 fully saturated rings. The SMILES string of the molecule is Cc1ccc(-n2nnnc2SCC(=O)Nc2c(C)nn(C)c2C)cc1C. The van der Waals surface area contributed by atoms with Gasteiger partial charge in [-0.1, -0.05) is 17.8 Å². The van der Waals surface area contributed by atoms with E-state index in [1.54, 1.807) is 9.36 Å². The number of benzene rings is 1. The van der Waals surface area contributed by atoms with Crippen molar-refractivity contribution in [3.05, 3.63) is 40.7 Å². The van der Waals surface area contributed by atoms with Crippen LogP contribution in [0, 0.1) is 27.7 Å². The highest BCUT2D eigenvalue weighted by atomic mass is 32.2. The Balaban J connectivity index is 1.70. The molecular formula is C17H21N7OS. The summed E-state index contributed by atoms with van der Waals surface area (Å²) < 4.78 is 3.39. The number of hydrogen-bond acceptors (Lipinski definition) is 6. The normalized spacial score (nSPS) is 11.0. The highest BCUT2D eigenvalue weighted by Crippen LogP contribution is 2.22. The first-order valence-electron chi connectivity index (χ1n) is 8.15. The van der Waals surface area contributed by atoms with E-state index < -0.39 is 0 Å². The number of hydrogen-bond donors (Lipinski definition) is 1. The summed E-state index contributed by atoms with van der Waals surface area (Å²) >= 11 is 1.29. The van der Waals surface area contributed by atoms with Gasteiger partial charge in [0.25, 0.3) is 0 Å². The predicted octanol–water partition coefficient (Wildman–Crippen LogP) is 2.36. The predicted molar refractivity (Wildman–Crippen MR) is 101 cm³/mol. The van der Waals surface area contributed by atoms with Gasteiger partial charge < -0.3 is 5.32 Å². The van der Waals surface area contributed by atoms with Gasteiger partial charge in [0.2, 0.25) is 11.1 Å². The minimum Gasteiger partial charge on any atom is -0.322 e. The number of carbonyl (C=O) groups excluding carboxylic acids is 1. The monoisotopic (exact) mass is 371 g/mol. The maximum Gasteiger partial charge on any atom is 0.234 e. The summed E-state index contributed by atoms with van der Waals surface area (Å²) in [5.74, 6) is 0.0859. The quantitative estimate of drug-likeness (QED) is 0.693. The Morgan fingerprint density at radius 2 is 1.96 bits per heavy atom. The molecule has 0 spiro atoms. The van der Waals surface area contributed by atoms with E-state index in [1.165, 1.54) is 17.3 Å². The van der Waals surface area contributed by atoms with Gasteiger partial charge in [0.15, 0.2) is 0 Å². The van der Waals surface area contributed by atoms with Crippen LogP contribution < -0.4 is 5.32 Å². The standard InChI is InChI=1S/C17H21N7OS/c1-10-6-7-14(8-11(10)2)24-17(19-21-22-24)26-9-15(25)18-16-12(3)20-23(5)13(16)4/h6-8H,9H2,1-5H3,(H,18,25). The maximum absolute atomic E-state index is 12.3. The Kier molecular flexibility index (Phi) is 5.08. The number of nitrogens with one attached hydrogen (secondary N) is 1. The summed E-state index contributed by atoms with van der Waals surface area (Å²) in [6, 6.07) is 6.02. The van der Waals surface area contributed by atoms with E-state index in [0.29, 0.717) is 5.16 Å². The number of nitrogens with zero attached hydrogens (tertiary/aromatic N) is 6. The molecule has 1 N–H and O–H groups in total. The fraction of sp³-hybridized carbons (Fsp3) is 0.353. The largest absolute Gasteiger partial charge is 0.322 e. The number of rotatable bonds is 5. The number of aryl methyl sites for hydroxylation is 4. The van der Waals surface area contributed by atoms with Gasteiger partial charge in [-0.25, -0.2) is 0 Å². The van der Waals surface area contributed by atoms with Crippen LogP contribution in [0.3, 0.4) is 0 Å². The smallest absolute Gasteiger partial charge is 0.234 e. The van der Waals surface area contributed by atoms with E-state index in [4.69, 9.17) is 0 Å². The van der Waals surface area contributed by atoms with Crippen LogP contribution in [-0.4, -0.2) is 41.6 Å². The number of anilines is 1. The van der Waals surface area contributed by atoms with Crippen molar-refractivity contribution in [1.29, 1.82) is 0 Å². The van der Waals surface area contributed by atoms with Gasteiger partial charge in [-0.15, -0.1) is 5.10 Å². The molecule has 0 aliphatic carbocycles. The highest BCUT2D eigenvalue weighted by molar-refractivity contribution is 7.99. The second-order valence-electron chi connectivity index (χ2n) is 6.15. The number of tetrazole rings is 1. The lowest BCUT2D eigenvalue weighted by Crippen LogP contribution is -2.15. The first-order chi connectivity index (χ1) is 12.4. The summed E-state index contributed by atoms with van der Waals surface area (Å²) in [7, 11) is 1.85. The van der Waals surface area contributed by atoms with Gasteiger partial charge >= 0.3 is 0 Å². The summed E-state index contributed by atoms with van der Waals surface area (Å²) in [5.41, 5.74) is 5.71. The lowest BCUT2D eigenvalue weighted by Gasteiger charge is -2.07. The van der Waals surface area contributed by atoms with Crippen LogP contribution >= 0.6 is 11.8 Å². The molecule has 0 saturated heterocycles. The second-order valence-corrected chi connectivity index (χ2v) is 7.09. The molecule has 136 valence electrons. The van der Waals surface area contributed by atoms with E-state index in [1.807, 2.05) is 46.0 Å². The van der Waals surface area contributed by atoms with Gasteiger partial charge in [-0.3, -0.25) is 9.48 Å². The van der Waals surface area contributed by atoms with E-state index >= 15 is 0 Å². The molecule has 0 radical (unpaired) electrons. The molecule has 2 aromatic heterocycles. The third kappa shape index (κ3) is 3.62. The first kappa shape index (κ1) is 18.1. The fourth-order valence-corrected chi connectivity index (χ4v) is 3.24. The Morgan fingerprint density at radius 3 is 2.62 bits per heavy atom. The van der Waals surface area contributed by atoms with Crippen molar-refractivity contribution in [2.75, 3.05) is 11.1 Å². The molecular weight excluding hydrogens is 350 g/mol. The van der Waals surface area contributed by atoms with Gasteiger partial charge in [-0.2, -0.15) is 9.78 Å². The van der Waals surface area contributed by atoms with Crippen molar-refractivity contribution in [3.63, 3.8) is 0 Å². The Labute approximate surface area is 156 Å². The fourth-order valence-electron chi connectivity index (χ4n) is 2.55. The minimum absolute atomic E-state index is 0.121. The molecule has 8 nitrogen and oxygen atoms in total. The van der Waals surface area contributed by atoms with Gasteiger partial charge in [0.1, 0.15) is 0 Å². The molecule has 0 aliphatic rings. The summed E-state index contributed by atoms with van der Waals surface area (Å²) in [5, 5.41) is 19.6. The van der Waals surface area contributed by atoms with Gasteiger partial charge in [-0.05, 0) is 61.4 Å². The third-order valence-corrected chi connectivity index (χ3v) is 5.20. The molecule has 9 heteroatoms. The van der Waals surface area contributed by atoms with Crippen molar-refractivity contribution in [3.8, 4) is 5.69 Å². The first-order valence-corrected chi connectivity index (χ1v) is 9.14. The lowest BCUT2D eigenvalue weighted by atomic mass is 10.1. The minimum atomic E-state index is -0.121. The molecule has 3 aromatic rings. The zero-order valence-corrected chi connectivity index (χ0v) is 16.3. The third-order valence-electron chi connectivity index (χ3n) is 4.28. The van der Waals surface area contributed by atoms with Gasteiger partial charge in [0.05, 0.1) is 28.5 Å². The topological polar surface area (TPSA) is 90.5 Å². The molecule has 1 amide bonds. The van der Waals surface area contributed by atoms with Crippen LogP contribution in [0.25, 0.3) is 5.69 Å². The average molecular weight is 371 g/mol. The van der Waals surface area contributed by atoms with Gasteiger partial charge in [0, 0.05) is 7.05 Å². The van der Waals surface area contributed by atoms with E-state index in [-0.39, 0.29) is 11.7 Å². The molecule has 0 saturated carbocycles. The highest BCUT2D eigenvalue weighted by Gasteiger charge is 2.15. The molecule has 26 heavy (non-hydrogen) atoms. The molecule has 0 aliphatic heterocycles. The van der Waals surface area contributed by atoms with Crippen LogP contribution in [0.1, 0.15) is 22.5 Å². The van der Waals surface area contributed by atoms with Crippen molar-refractivity contribution < 1.29 is 4.79 Å². The van der Waals surface area contributed by atoms with Crippen molar-refractivity contribution in [1.82, 2.24) is 30.0 Å². The Morgan fingerprint density at radius 1 is 1.19 bits per heavy atom. The summed E-state index contributed by atoms with van der Waals surface area (Å²) in [4.78, 5) is 12.3. The Bertz CT molecular complexity index is 960. The lowest BCUT2D eigenvalue weighted by molar-refractivity contribution is -0.113. The molecule has 1 aromatic carbocycles. The zero-order valence-electron chi connectivity index (χ0n) is 15.4. The van der Waals surface area contributed by atoms with Crippen molar-refractivity contribution in [2.45, 2.75) is 32.9 Å². The van der Waals surface area contributed by atoms with Crippen LogP contribution in [0.2, 0.25) is 0 Å². The van der Waals surface area contributed by atoms with Crippen LogP contribution in [0.4, 0.5) is 5.69 Å². The van der Waals surface area contributed by atoms with E-state index in [9.17, 15) is 4.79 Å². The van der Waals surface area contributed by atoms with E-state index in [2.05, 4.69) is 32.9 Å². The summed E-state index contributed by atoms with van der Waals surface area (Å²) in [6.07, 6.45) is 0. The average Bonchev–Trinajstić information content (AvgIpc) is 3.16. The number of amides is 1. The molecule has 2 heterocycles. The summed E-state index contributed by atoms with van der Waals surface area (Å²) in [6.45, 7) is 7.89. The van der Waals surface area contributed by atoms with Crippen LogP contribution in [-0.2, 0) is 11.8 Å². The second kappa shape index (κ2) is 7.28. The van der Waals surface area contributed by atoms with Crippen LogP contribution in [0.5, 0.6) is 0 Å². The molecule has 0 unspecified atom stereocenters. The van der Waals surface area contributed by atoms with Crippen molar-refractivity contribution in [2.24, 2.45) is 7.05 Å². The molecule has 0 atom stereocenters. The molecule has 0 bridgehead atoms. The maximum atomic E-state index is 12.3.